The van der Waals surface area contributed by atoms with E-state index >= 15 is 0 Å². The lowest BCUT2D eigenvalue weighted by Gasteiger charge is -2.16. The van der Waals surface area contributed by atoms with Crippen molar-refractivity contribution in [3.63, 3.8) is 0 Å². The Balaban J connectivity index is 1.73. The van der Waals surface area contributed by atoms with Gasteiger partial charge in [0.2, 0.25) is 5.95 Å². The molecular weight excluding hydrogens is 278 g/mol. The van der Waals surface area contributed by atoms with Crippen LogP contribution >= 0.6 is 0 Å². The molecule has 0 aliphatic heterocycles. The van der Waals surface area contributed by atoms with E-state index in [-0.39, 0.29) is 5.75 Å². The first-order chi connectivity index (χ1) is 10.7. The number of aryl methyl sites for hydroxylation is 2. The van der Waals surface area contributed by atoms with Crippen LogP contribution in [0.25, 0.3) is 11.3 Å². The fourth-order valence-electron chi connectivity index (χ4n) is 2.81. The van der Waals surface area contributed by atoms with Crippen LogP contribution in [-0.2, 0) is 19.9 Å². The summed E-state index contributed by atoms with van der Waals surface area (Å²) in [6, 6.07) is 6.90. The Bertz CT molecular complexity index is 855. The van der Waals surface area contributed by atoms with E-state index in [9.17, 15) is 5.11 Å². The fourth-order valence-corrected chi connectivity index (χ4v) is 2.81. The van der Waals surface area contributed by atoms with Crippen molar-refractivity contribution in [2.45, 2.75) is 12.8 Å². The van der Waals surface area contributed by atoms with Gasteiger partial charge in [-0.2, -0.15) is 5.10 Å². The average Bonchev–Trinajstić information content (AvgIpc) is 2.89. The number of fused-ring (bicyclic) bond motifs is 3. The van der Waals surface area contributed by atoms with Gasteiger partial charge in [0.25, 0.3) is 0 Å². The van der Waals surface area contributed by atoms with Crippen molar-refractivity contribution in [3.05, 3.63) is 47.9 Å². The van der Waals surface area contributed by atoms with Crippen molar-refractivity contribution < 1.29 is 5.11 Å². The standard InChI is InChI=1S/C16H15N5O/c1-21-14-6-5-10-8-17-16(20-15(10)13(14)9-18-21)19-11-3-2-4-12(22)7-11/h2-4,7-9,22H,5-6H2,1H3,(H,17,19,20). The first kappa shape index (κ1) is 12.8. The van der Waals surface area contributed by atoms with Gasteiger partial charge in [0, 0.05) is 36.3 Å². The first-order valence-electron chi connectivity index (χ1n) is 7.14. The minimum atomic E-state index is 0.206. The molecule has 110 valence electrons. The Kier molecular flexibility index (Phi) is 2.82. The molecule has 2 aromatic heterocycles. The maximum atomic E-state index is 9.52. The summed E-state index contributed by atoms with van der Waals surface area (Å²) < 4.78 is 1.91. The third-order valence-electron chi connectivity index (χ3n) is 3.91. The Morgan fingerprint density at radius 3 is 3.00 bits per heavy atom. The number of aromatic hydroxyl groups is 1. The number of nitrogens with zero attached hydrogens (tertiary/aromatic N) is 4. The molecule has 0 atom stereocenters. The van der Waals surface area contributed by atoms with Crippen LogP contribution in [0.3, 0.4) is 0 Å². The van der Waals surface area contributed by atoms with E-state index in [2.05, 4.69) is 20.4 Å². The number of nitrogens with one attached hydrogen (secondary N) is 1. The monoisotopic (exact) mass is 293 g/mol. The zero-order valence-electron chi connectivity index (χ0n) is 12.1. The molecule has 1 aromatic carbocycles. The Morgan fingerprint density at radius 1 is 1.23 bits per heavy atom. The van der Waals surface area contributed by atoms with Gasteiger partial charge in [-0.1, -0.05) is 6.07 Å². The quantitative estimate of drug-likeness (QED) is 0.759. The molecule has 6 nitrogen and oxygen atoms in total. The molecule has 1 aliphatic carbocycles. The third kappa shape index (κ3) is 2.09. The van der Waals surface area contributed by atoms with Crippen molar-refractivity contribution in [2.75, 3.05) is 5.32 Å². The van der Waals surface area contributed by atoms with E-state index < -0.39 is 0 Å². The second kappa shape index (κ2) is 4.84. The Morgan fingerprint density at radius 2 is 2.14 bits per heavy atom. The summed E-state index contributed by atoms with van der Waals surface area (Å²) in [7, 11) is 1.96. The van der Waals surface area contributed by atoms with Crippen LogP contribution in [-0.4, -0.2) is 24.9 Å². The highest BCUT2D eigenvalue weighted by molar-refractivity contribution is 5.69. The molecule has 1 aliphatic rings. The molecule has 6 heteroatoms. The van der Waals surface area contributed by atoms with E-state index in [0.717, 1.165) is 35.3 Å². The zero-order valence-corrected chi connectivity index (χ0v) is 12.1. The van der Waals surface area contributed by atoms with Crippen LogP contribution in [0.2, 0.25) is 0 Å². The first-order valence-corrected chi connectivity index (χ1v) is 7.14. The molecule has 4 rings (SSSR count). The minimum absolute atomic E-state index is 0.206. The van der Waals surface area contributed by atoms with Gasteiger partial charge in [-0.25, -0.2) is 9.97 Å². The van der Waals surface area contributed by atoms with Crippen molar-refractivity contribution in [3.8, 4) is 17.0 Å². The van der Waals surface area contributed by atoms with Crippen molar-refractivity contribution in [1.82, 2.24) is 19.7 Å². The highest BCUT2D eigenvalue weighted by Crippen LogP contribution is 2.32. The number of hydrogen-bond donors (Lipinski definition) is 2. The number of anilines is 2. The topological polar surface area (TPSA) is 75.9 Å². The predicted molar refractivity (Wildman–Crippen MR) is 83.0 cm³/mol. The van der Waals surface area contributed by atoms with E-state index in [1.54, 1.807) is 18.2 Å². The largest absolute Gasteiger partial charge is 0.508 e. The molecule has 0 fully saturated rings. The molecular formula is C16H15N5O. The second-order valence-electron chi connectivity index (χ2n) is 5.37. The van der Waals surface area contributed by atoms with Crippen molar-refractivity contribution >= 4 is 11.6 Å². The van der Waals surface area contributed by atoms with Gasteiger partial charge in [-0.05, 0) is 30.5 Å². The molecule has 0 unspecified atom stereocenters. The van der Waals surface area contributed by atoms with E-state index in [0.29, 0.717) is 5.95 Å². The number of phenols is 1. The van der Waals surface area contributed by atoms with Crippen molar-refractivity contribution in [1.29, 1.82) is 0 Å². The van der Waals surface area contributed by atoms with Gasteiger partial charge in [0.1, 0.15) is 5.75 Å². The summed E-state index contributed by atoms with van der Waals surface area (Å²) in [6.45, 7) is 0. The Hall–Kier alpha value is -2.89. The van der Waals surface area contributed by atoms with Gasteiger partial charge < -0.3 is 10.4 Å². The lowest BCUT2D eigenvalue weighted by molar-refractivity contribution is 0.475. The van der Waals surface area contributed by atoms with Gasteiger partial charge in [0.05, 0.1) is 11.9 Å². The summed E-state index contributed by atoms with van der Waals surface area (Å²) in [5.41, 5.74) is 5.11. The highest BCUT2D eigenvalue weighted by Gasteiger charge is 2.21. The minimum Gasteiger partial charge on any atom is -0.508 e. The number of hydrogen-bond acceptors (Lipinski definition) is 5. The lowest BCUT2D eigenvalue weighted by atomic mass is 9.95. The third-order valence-corrected chi connectivity index (χ3v) is 3.91. The summed E-state index contributed by atoms with van der Waals surface area (Å²) >= 11 is 0. The Labute approximate surface area is 127 Å². The number of benzene rings is 1. The average molecular weight is 293 g/mol. The van der Waals surface area contributed by atoms with E-state index in [4.69, 9.17) is 0 Å². The van der Waals surface area contributed by atoms with E-state index in [1.165, 1.54) is 5.69 Å². The normalized spacial score (nSPS) is 12.6. The molecule has 0 spiro atoms. The molecule has 3 aromatic rings. The zero-order chi connectivity index (χ0) is 15.1. The van der Waals surface area contributed by atoms with Gasteiger partial charge in [-0.3, -0.25) is 4.68 Å². The van der Waals surface area contributed by atoms with Crippen LogP contribution in [0.5, 0.6) is 5.75 Å². The molecule has 2 heterocycles. The molecule has 2 N–H and O–H groups in total. The lowest BCUT2D eigenvalue weighted by Crippen LogP contribution is -2.10. The highest BCUT2D eigenvalue weighted by atomic mass is 16.3. The van der Waals surface area contributed by atoms with Crippen LogP contribution in [0.1, 0.15) is 11.3 Å². The summed E-state index contributed by atoms with van der Waals surface area (Å²) in [5, 5.41) is 17.0. The van der Waals surface area contributed by atoms with Gasteiger partial charge >= 0.3 is 0 Å². The molecule has 22 heavy (non-hydrogen) atoms. The SMILES string of the molecule is Cn1ncc2c1CCc1cnc(Nc3cccc(O)c3)nc1-2. The maximum absolute atomic E-state index is 9.52. The van der Waals surface area contributed by atoms with Crippen LogP contribution in [0.15, 0.2) is 36.7 Å². The smallest absolute Gasteiger partial charge is 0.227 e. The number of aromatic nitrogens is 4. The fraction of sp³-hybridized carbons (Fsp3) is 0.188. The van der Waals surface area contributed by atoms with Crippen LogP contribution in [0.4, 0.5) is 11.6 Å². The van der Waals surface area contributed by atoms with Crippen LogP contribution < -0.4 is 5.32 Å². The van der Waals surface area contributed by atoms with Gasteiger partial charge in [0.15, 0.2) is 0 Å². The summed E-state index contributed by atoms with van der Waals surface area (Å²) in [4.78, 5) is 9.00. The molecule has 0 saturated heterocycles. The summed E-state index contributed by atoms with van der Waals surface area (Å²) in [5.74, 6) is 0.721. The number of rotatable bonds is 2. The number of phenolic OH excluding ortho intramolecular Hbond substituents is 1. The molecule has 0 amide bonds. The predicted octanol–water partition coefficient (Wildman–Crippen LogP) is 2.42. The molecule has 0 radical (unpaired) electrons. The second-order valence-corrected chi connectivity index (χ2v) is 5.37. The van der Waals surface area contributed by atoms with Crippen molar-refractivity contribution in [2.24, 2.45) is 7.05 Å². The summed E-state index contributed by atoms with van der Waals surface area (Å²) in [6.07, 6.45) is 5.61. The maximum Gasteiger partial charge on any atom is 0.227 e. The molecule has 0 bridgehead atoms. The van der Waals surface area contributed by atoms with Crippen LogP contribution in [0, 0.1) is 0 Å². The van der Waals surface area contributed by atoms with Gasteiger partial charge in [-0.15, -0.1) is 0 Å². The van der Waals surface area contributed by atoms with E-state index in [1.807, 2.05) is 30.2 Å². The molecule has 0 saturated carbocycles.